The normalized spacial score (nSPS) is 14.0. The van der Waals surface area contributed by atoms with E-state index in [0.717, 1.165) is 5.56 Å². The van der Waals surface area contributed by atoms with Crippen molar-refractivity contribution in [3.63, 3.8) is 0 Å². The number of nitrogens with one attached hydrogen (secondary N) is 1. The first-order valence-electron chi connectivity index (χ1n) is 7.05. The molecule has 21 heavy (non-hydrogen) atoms. The molecule has 1 aromatic carbocycles. The van der Waals surface area contributed by atoms with Crippen molar-refractivity contribution >= 4 is 0 Å². The number of aliphatic hydroxyl groups is 1. The fourth-order valence-electron chi connectivity index (χ4n) is 1.95. The highest BCUT2D eigenvalue weighted by Crippen LogP contribution is 2.15. The van der Waals surface area contributed by atoms with Gasteiger partial charge >= 0.3 is 0 Å². The summed E-state index contributed by atoms with van der Waals surface area (Å²) < 4.78 is 7.32. The number of hydrogen-bond donors (Lipinski definition) is 2. The van der Waals surface area contributed by atoms with Crippen molar-refractivity contribution in [3.8, 4) is 0 Å². The average molecular weight is 290 g/mol. The summed E-state index contributed by atoms with van der Waals surface area (Å²) in [5.41, 5.74) is 1.11. The molecule has 0 aliphatic heterocycles. The minimum atomic E-state index is -0.556. The summed E-state index contributed by atoms with van der Waals surface area (Å²) in [5.74, 6) is 0.711. The van der Waals surface area contributed by atoms with Crippen LogP contribution in [0.4, 0.5) is 0 Å². The number of nitrogens with zero attached hydrogens (tertiary/aromatic N) is 3. The first-order valence-corrected chi connectivity index (χ1v) is 7.05. The zero-order valence-corrected chi connectivity index (χ0v) is 12.4. The number of rotatable bonds is 8. The Morgan fingerprint density at radius 1 is 1.33 bits per heavy atom. The van der Waals surface area contributed by atoms with E-state index in [1.54, 1.807) is 11.0 Å². The van der Waals surface area contributed by atoms with Gasteiger partial charge in [0.05, 0.1) is 25.4 Å². The molecule has 0 aliphatic rings. The molecule has 0 radical (unpaired) electrons. The molecule has 0 fully saturated rings. The molecule has 2 unspecified atom stereocenters. The molecule has 6 nitrogen and oxygen atoms in total. The van der Waals surface area contributed by atoms with Crippen LogP contribution in [0.2, 0.25) is 0 Å². The van der Waals surface area contributed by atoms with Crippen molar-refractivity contribution in [1.29, 1.82) is 0 Å². The van der Waals surface area contributed by atoms with E-state index in [1.165, 1.54) is 0 Å². The molecule has 1 aromatic heterocycles. The second-order valence-corrected chi connectivity index (χ2v) is 5.01. The first-order chi connectivity index (χ1) is 10.1. The predicted octanol–water partition coefficient (Wildman–Crippen LogP) is 1.04. The van der Waals surface area contributed by atoms with Crippen LogP contribution < -0.4 is 5.32 Å². The zero-order chi connectivity index (χ0) is 15.1. The number of aliphatic hydroxyl groups excluding tert-OH is 1. The Labute approximate surface area is 124 Å². The van der Waals surface area contributed by atoms with Gasteiger partial charge in [0.1, 0.15) is 6.33 Å². The van der Waals surface area contributed by atoms with E-state index in [1.807, 2.05) is 44.3 Å². The smallest absolute Gasteiger partial charge is 0.164 e. The Balaban J connectivity index is 1.64. The number of hydrogen-bond acceptors (Lipinski definition) is 5. The van der Waals surface area contributed by atoms with Crippen LogP contribution in [0.25, 0.3) is 0 Å². The van der Waals surface area contributed by atoms with Gasteiger partial charge in [-0.25, -0.2) is 4.98 Å². The van der Waals surface area contributed by atoms with Gasteiger partial charge in [-0.2, -0.15) is 5.10 Å². The van der Waals surface area contributed by atoms with Gasteiger partial charge in [-0.15, -0.1) is 0 Å². The lowest BCUT2D eigenvalue weighted by Crippen LogP contribution is -2.30. The first kappa shape index (κ1) is 15.6. The molecule has 0 bridgehead atoms. The summed E-state index contributed by atoms with van der Waals surface area (Å²) in [6.45, 7) is 3.25. The average Bonchev–Trinajstić information content (AvgIpc) is 2.91. The molecule has 6 heteroatoms. The topological polar surface area (TPSA) is 72.2 Å². The number of benzene rings is 1. The molecule has 0 aliphatic carbocycles. The second kappa shape index (κ2) is 7.87. The molecule has 1 heterocycles. The standard InChI is InChI=1S/C15H22N4O2/c1-12(13-6-4-3-5-7-13)21-10-14(20)8-16-9-15-17-11-19(2)18-15/h3-7,11-12,14,16,20H,8-10H2,1-2H3. The van der Waals surface area contributed by atoms with Gasteiger partial charge in [0.15, 0.2) is 5.82 Å². The number of ether oxygens (including phenoxy) is 1. The molecule has 2 rings (SSSR count). The minimum Gasteiger partial charge on any atom is -0.389 e. The lowest BCUT2D eigenvalue weighted by molar-refractivity contribution is -0.00217. The van der Waals surface area contributed by atoms with Crippen LogP contribution in [-0.4, -0.2) is 39.1 Å². The molecular formula is C15H22N4O2. The van der Waals surface area contributed by atoms with Crippen LogP contribution >= 0.6 is 0 Å². The van der Waals surface area contributed by atoms with Crippen LogP contribution in [0.1, 0.15) is 24.4 Å². The summed E-state index contributed by atoms with van der Waals surface area (Å²) in [6.07, 6.45) is 1.07. The lowest BCUT2D eigenvalue weighted by atomic mass is 10.1. The van der Waals surface area contributed by atoms with Crippen molar-refractivity contribution in [3.05, 3.63) is 48.0 Å². The maximum atomic E-state index is 9.89. The van der Waals surface area contributed by atoms with Crippen LogP contribution in [-0.2, 0) is 18.3 Å². The van der Waals surface area contributed by atoms with E-state index in [-0.39, 0.29) is 6.10 Å². The predicted molar refractivity (Wildman–Crippen MR) is 79.5 cm³/mol. The zero-order valence-electron chi connectivity index (χ0n) is 12.4. The van der Waals surface area contributed by atoms with Gasteiger partial charge in [-0.3, -0.25) is 4.68 Å². The summed E-state index contributed by atoms with van der Waals surface area (Å²) in [5, 5.41) is 17.2. The second-order valence-electron chi connectivity index (χ2n) is 5.01. The summed E-state index contributed by atoms with van der Waals surface area (Å²) in [4.78, 5) is 4.10. The third-order valence-corrected chi connectivity index (χ3v) is 3.12. The van der Waals surface area contributed by atoms with Crippen molar-refractivity contribution < 1.29 is 9.84 Å². The van der Waals surface area contributed by atoms with E-state index < -0.39 is 6.10 Å². The quantitative estimate of drug-likeness (QED) is 0.760. The Hall–Kier alpha value is -1.76. The molecule has 2 atom stereocenters. The van der Waals surface area contributed by atoms with E-state index in [9.17, 15) is 5.11 Å². The number of aromatic nitrogens is 3. The van der Waals surface area contributed by atoms with Crippen molar-refractivity contribution in [2.24, 2.45) is 7.05 Å². The Bertz CT molecular complexity index is 529. The maximum absolute atomic E-state index is 9.89. The van der Waals surface area contributed by atoms with Crippen LogP contribution in [0.15, 0.2) is 36.7 Å². The maximum Gasteiger partial charge on any atom is 0.164 e. The van der Waals surface area contributed by atoms with Gasteiger partial charge in [0.2, 0.25) is 0 Å². The fourth-order valence-corrected chi connectivity index (χ4v) is 1.95. The molecule has 0 amide bonds. The molecule has 0 spiro atoms. The Kier molecular flexibility index (Phi) is 5.86. The molecular weight excluding hydrogens is 268 g/mol. The molecule has 2 N–H and O–H groups in total. The van der Waals surface area contributed by atoms with E-state index in [0.29, 0.717) is 25.5 Å². The van der Waals surface area contributed by atoms with E-state index >= 15 is 0 Å². The van der Waals surface area contributed by atoms with Gasteiger partial charge in [-0.05, 0) is 12.5 Å². The summed E-state index contributed by atoms with van der Waals surface area (Å²) >= 11 is 0. The molecule has 114 valence electrons. The van der Waals surface area contributed by atoms with Gasteiger partial charge in [0, 0.05) is 13.6 Å². The van der Waals surface area contributed by atoms with Crippen LogP contribution in [0.3, 0.4) is 0 Å². The Morgan fingerprint density at radius 2 is 2.10 bits per heavy atom. The van der Waals surface area contributed by atoms with Crippen LogP contribution in [0.5, 0.6) is 0 Å². The molecule has 0 saturated carbocycles. The SMILES string of the molecule is CC(OCC(O)CNCc1ncn(C)n1)c1ccccc1. The van der Waals surface area contributed by atoms with Gasteiger partial charge < -0.3 is 15.2 Å². The third-order valence-electron chi connectivity index (χ3n) is 3.12. The van der Waals surface area contributed by atoms with E-state index in [2.05, 4.69) is 15.4 Å². The molecule has 0 saturated heterocycles. The van der Waals surface area contributed by atoms with Crippen LogP contribution in [0, 0.1) is 0 Å². The van der Waals surface area contributed by atoms with Gasteiger partial charge in [-0.1, -0.05) is 30.3 Å². The largest absolute Gasteiger partial charge is 0.389 e. The van der Waals surface area contributed by atoms with Crippen molar-refractivity contribution in [1.82, 2.24) is 20.1 Å². The van der Waals surface area contributed by atoms with Crippen molar-refractivity contribution in [2.45, 2.75) is 25.7 Å². The number of aryl methyl sites for hydroxylation is 1. The fraction of sp³-hybridized carbons (Fsp3) is 0.467. The van der Waals surface area contributed by atoms with E-state index in [4.69, 9.17) is 4.74 Å². The Morgan fingerprint density at radius 3 is 2.76 bits per heavy atom. The highest BCUT2D eigenvalue weighted by atomic mass is 16.5. The highest BCUT2D eigenvalue weighted by molar-refractivity contribution is 5.16. The highest BCUT2D eigenvalue weighted by Gasteiger charge is 2.09. The molecule has 2 aromatic rings. The minimum absolute atomic E-state index is 0.0293. The lowest BCUT2D eigenvalue weighted by Gasteiger charge is -2.17. The van der Waals surface area contributed by atoms with Crippen molar-refractivity contribution in [2.75, 3.05) is 13.2 Å². The monoisotopic (exact) mass is 290 g/mol. The van der Waals surface area contributed by atoms with Gasteiger partial charge in [0.25, 0.3) is 0 Å². The summed E-state index contributed by atoms with van der Waals surface area (Å²) in [6, 6.07) is 9.96. The third kappa shape index (κ3) is 5.26. The summed E-state index contributed by atoms with van der Waals surface area (Å²) in [7, 11) is 1.82.